The summed E-state index contributed by atoms with van der Waals surface area (Å²) in [7, 11) is 0. The Balaban J connectivity index is 1.27. The lowest BCUT2D eigenvalue weighted by Crippen LogP contribution is -2.50. The molecule has 5 heteroatoms. The van der Waals surface area contributed by atoms with Crippen molar-refractivity contribution in [2.75, 3.05) is 18.0 Å². The Bertz CT molecular complexity index is 919. The third kappa shape index (κ3) is 3.14. The molecule has 2 aliphatic heterocycles. The standard InChI is InChI=1S/C22H22N4O/c1-2-6-20-17(4-1)9-10-22(27-20)11-14-26(15-12-22)21-8-7-19(24-25-21)18-5-3-13-23-16-18/h1-8,13,16H,9-12,14-15H2. The zero-order valence-electron chi connectivity index (χ0n) is 15.2. The summed E-state index contributed by atoms with van der Waals surface area (Å²) in [5.74, 6) is 2.01. The lowest BCUT2D eigenvalue weighted by atomic mass is 9.83. The third-order valence-corrected chi connectivity index (χ3v) is 5.76. The Morgan fingerprint density at radius 1 is 0.889 bits per heavy atom. The SMILES string of the molecule is c1cncc(-c2ccc(N3CCC4(CCc5ccccc5O4)CC3)nn2)c1. The third-order valence-electron chi connectivity index (χ3n) is 5.76. The number of aryl methyl sites for hydroxylation is 1. The van der Waals surface area contributed by atoms with Gasteiger partial charge < -0.3 is 9.64 Å². The first kappa shape index (κ1) is 16.2. The Labute approximate surface area is 159 Å². The van der Waals surface area contributed by atoms with E-state index in [0.717, 1.165) is 61.6 Å². The van der Waals surface area contributed by atoms with E-state index in [1.807, 2.05) is 24.4 Å². The second-order valence-electron chi connectivity index (χ2n) is 7.40. The highest BCUT2D eigenvalue weighted by Gasteiger charge is 2.39. The van der Waals surface area contributed by atoms with Crippen molar-refractivity contribution < 1.29 is 4.74 Å². The summed E-state index contributed by atoms with van der Waals surface area (Å²) in [5.41, 5.74) is 3.16. The van der Waals surface area contributed by atoms with Crippen LogP contribution in [0.25, 0.3) is 11.3 Å². The van der Waals surface area contributed by atoms with Gasteiger partial charge in [-0.25, -0.2) is 0 Å². The second-order valence-corrected chi connectivity index (χ2v) is 7.40. The summed E-state index contributed by atoms with van der Waals surface area (Å²) in [6, 6.07) is 16.4. The van der Waals surface area contributed by atoms with Crippen molar-refractivity contribution in [3.63, 3.8) is 0 Å². The number of rotatable bonds is 2. The number of para-hydroxylation sites is 1. The number of anilines is 1. The van der Waals surface area contributed by atoms with Gasteiger partial charge in [-0.05, 0) is 48.7 Å². The van der Waals surface area contributed by atoms with Gasteiger partial charge in [0.05, 0.1) is 5.69 Å². The number of aromatic nitrogens is 3. The minimum atomic E-state index is -0.0199. The van der Waals surface area contributed by atoms with Crippen molar-refractivity contribution >= 4 is 5.82 Å². The van der Waals surface area contributed by atoms with Gasteiger partial charge in [-0.15, -0.1) is 10.2 Å². The molecule has 0 radical (unpaired) electrons. The maximum absolute atomic E-state index is 6.45. The van der Waals surface area contributed by atoms with E-state index in [1.54, 1.807) is 6.20 Å². The van der Waals surface area contributed by atoms with Crippen molar-refractivity contribution in [2.45, 2.75) is 31.3 Å². The van der Waals surface area contributed by atoms with Crippen LogP contribution in [0, 0.1) is 0 Å². The minimum Gasteiger partial charge on any atom is -0.487 e. The predicted molar refractivity (Wildman–Crippen MR) is 105 cm³/mol. The molecule has 0 atom stereocenters. The molecule has 0 N–H and O–H groups in total. The first-order chi connectivity index (χ1) is 13.3. The van der Waals surface area contributed by atoms with E-state index >= 15 is 0 Å². The average Bonchev–Trinajstić information content (AvgIpc) is 2.75. The normalized spacial score (nSPS) is 18.0. The summed E-state index contributed by atoms with van der Waals surface area (Å²) < 4.78 is 6.45. The first-order valence-corrected chi connectivity index (χ1v) is 9.57. The molecule has 4 heterocycles. The Morgan fingerprint density at radius 3 is 2.56 bits per heavy atom. The highest BCUT2D eigenvalue weighted by molar-refractivity contribution is 5.58. The molecule has 0 saturated carbocycles. The van der Waals surface area contributed by atoms with Crippen LogP contribution in [-0.2, 0) is 6.42 Å². The Kier molecular flexibility index (Phi) is 4.00. The highest BCUT2D eigenvalue weighted by Crippen LogP contribution is 2.39. The zero-order valence-corrected chi connectivity index (χ0v) is 15.2. The quantitative estimate of drug-likeness (QED) is 0.695. The molecule has 1 fully saturated rings. The van der Waals surface area contributed by atoms with Crippen LogP contribution in [0.15, 0.2) is 60.9 Å². The van der Waals surface area contributed by atoms with Crippen molar-refractivity contribution in [1.82, 2.24) is 15.2 Å². The zero-order chi connectivity index (χ0) is 18.1. The summed E-state index contributed by atoms with van der Waals surface area (Å²) in [6.07, 6.45) is 7.83. The largest absolute Gasteiger partial charge is 0.487 e. The molecule has 5 rings (SSSR count). The monoisotopic (exact) mass is 358 g/mol. The van der Waals surface area contributed by atoms with Crippen LogP contribution in [0.3, 0.4) is 0 Å². The van der Waals surface area contributed by atoms with E-state index in [9.17, 15) is 0 Å². The number of hydrogen-bond donors (Lipinski definition) is 0. The molecule has 5 nitrogen and oxygen atoms in total. The van der Waals surface area contributed by atoms with Crippen molar-refractivity contribution in [2.24, 2.45) is 0 Å². The molecule has 2 aliphatic rings. The fraction of sp³-hybridized carbons (Fsp3) is 0.318. The smallest absolute Gasteiger partial charge is 0.151 e. The van der Waals surface area contributed by atoms with Gasteiger partial charge in [0, 0.05) is 43.9 Å². The van der Waals surface area contributed by atoms with E-state index in [4.69, 9.17) is 4.74 Å². The molecule has 0 bridgehead atoms. The maximum Gasteiger partial charge on any atom is 0.151 e. The second kappa shape index (κ2) is 6.65. The van der Waals surface area contributed by atoms with Gasteiger partial charge >= 0.3 is 0 Å². The fourth-order valence-corrected chi connectivity index (χ4v) is 4.11. The first-order valence-electron chi connectivity index (χ1n) is 9.57. The summed E-state index contributed by atoms with van der Waals surface area (Å²) >= 11 is 0. The highest BCUT2D eigenvalue weighted by atomic mass is 16.5. The summed E-state index contributed by atoms with van der Waals surface area (Å²) in [4.78, 5) is 6.46. The number of ether oxygens (including phenoxy) is 1. The van der Waals surface area contributed by atoms with Crippen molar-refractivity contribution in [3.05, 3.63) is 66.5 Å². The number of nitrogens with zero attached hydrogens (tertiary/aromatic N) is 4. The number of hydrogen-bond acceptors (Lipinski definition) is 5. The van der Waals surface area contributed by atoms with Gasteiger partial charge in [0.1, 0.15) is 11.4 Å². The summed E-state index contributed by atoms with van der Waals surface area (Å²) in [5, 5.41) is 8.85. The molecule has 1 aromatic carbocycles. The lowest BCUT2D eigenvalue weighted by Gasteiger charge is -2.44. The van der Waals surface area contributed by atoms with E-state index in [-0.39, 0.29) is 5.60 Å². The fourth-order valence-electron chi connectivity index (χ4n) is 4.11. The number of pyridine rings is 1. The van der Waals surface area contributed by atoms with Crippen LogP contribution in [0.5, 0.6) is 5.75 Å². The number of fused-ring (bicyclic) bond motifs is 1. The molecular weight excluding hydrogens is 336 g/mol. The lowest BCUT2D eigenvalue weighted by molar-refractivity contribution is 0.0224. The van der Waals surface area contributed by atoms with Gasteiger partial charge in [0.15, 0.2) is 5.82 Å². The molecular formula is C22H22N4O. The van der Waals surface area contributed by atoms with Crippen LogP contribution in [0.2, 0.25) is 0 Å². The topological polar surface area (TPSA) is 51.1 Å². The molecule has 0 aliphatic carbocycles. The summed E-state index contributed by atoms with van der Waals surface area (Å²) in [6.45, 7) is 1.90. The van der Waals surface area contributed by atoms with Gasteiger partial charge in [-0.3, -0.25) is 4.98 Å². The Hall–Kier alpha value is -2.95. The van der Waals surface area contributed by atoms with E-state index in [1.165, 1.54) is 5.56 Å². The predicted octanol–water partition coefficient (Wildman–Crippen LogP) is 3.90. The van der Waals surface area contributed by atoms with Crippen LogP contribution in [-0.4, -0.2) is 33.9 Å². The average molecular weight is 358 g/mol. The molecule has 0 amide bonds. The van der Waals surface area contributed by atoms with Crippen LogP contribution < -0.4 is 9.64 Å². The van der Waals surface area contributed by atoms with Crippen molar-refractivity contribution in [3.8, 4) is 17.0 Å². The van der Waals surface area contributed by atoms with Crippen LogP contribution >= 0.6 is 0 Å². The molecule has 136 valence electrons. The minimum absolute atomic E-state index is 0.0199. The van der Waals surface area contributed by atoms with Crippen molar-refractivity contribution in [1.29, 1.82) is 0 Å². The van der Waals surface area contributed by atoms with Crippen LogP contribution in [0.1, 0.15) is 24.8 Å². The molecule has 1 spiro atoms. The molecule has 27 heavy (non-hydrogen) atoms. The molecule has 0 unspecified atom stereocenters. The Morgan fingerprint density at radius 2 is 1.78 bits per heavy atom. The van der Waals surface area contributed by atoms with E-state index < -0.39 is 0 Å². The maximum atomic E-state index is 6.45. The number of benzene rings is 1. The molecule has 2 aromatic heterocycles. The van der Waals surface area contributed by atoms with E-state index in [2.05, 4.69) is 50.4 Å². The van der Waals surface area contributed by atoms with Gasteiger partial charge in [-0.2, -0.15) is 0 Å². The van der Waals surface area contributed by atoms with Gasteiger partial charge in [0.2, 0.25) is 0 Å². The van der Waals surface area contributed by atoms with Gasteiger partial charge in [0.25, 0.3) is 0 Å². The van der Waals surface area contributed by atoms with Crippen LogP contribution in [0.4, 0.5) is 5.82 Å². The molecule has 1 saturated heterocycles. The van der Waals surface area contributed by atoms with E-state index in [0.29, 0.717) is 0 Å². The number of piperidine rings is 1. The molecule has 3 aromatic rings. The van der Waals surface area contributed by atoms with Gasteiger partial charge in [-0.1, -0.05) is 18.2 Å².